The fraction of sp³-hybridized carbons (Fsp3) is 0.800. The summed E-state index contributed by atoms with van der Waals surface area (Å²) in [7, 11) is 0. The van der Waals surface area contributed by atoms with Gasteiger partial charge in [-0.2, -0.15) is 0 Å². The van der Waals surface area contributed by atoms with Gasteiger partial charge in [-0.1, -0.05) is 6.92 Å². The Morgan fingerprint density at radius 3 is 2.67 bits per heavy atom. The van der Waals surface area contributed by atoms with Gasteiger partial charge in [-0.3, -0.25) is 5.32 Å². The number of rotatable bonds is 4. The zero-order valence-electron chi connectivity index (χ0n) is 5.29. The number of hydrogen-bond donors (Lipinski definition) is 3. The third-order valence-corrected chi connectivity index (χ3v) is 0.822. The van der Waals surface area contributed by atoms with E-state index in [9.17, 15) is 4.79 Å². The van der Waals surface area contributed by atoms with Crippen LogP contribution in [0.3, 0.4) is 0 Å². The second-order valence-corrected chi connectivity index (χ2v) is 1.69. The maximum absolute atomic E-state index is 9.89. The van der Waals surface area contributed by atoms with Crippen molar-refractivity contribution in [3.05, 3.63) is 0 Å². The highest BCUT2D eigenvalue weighted by atomic mass is 16.4. The number of carboxylic acid groups (broad SMARTS) is 1. The van der Waals surface area contributed by atoms with Crippen molar-refractivity contribution in [1.82, 2.24) is 5.32 Å². The van der Waals surface area contributed by atoms with Crippen molar-refractivity contribution in [2.75, 3.05) is 6.54 Å². The van der Waals surface area contributed by atoms with E-state index in [1.165, 1.54) is 0 Å². The van der Waals surface area contributed by atoms with Crippen LogP contribution in [0.15, 0.2) is 0 Å². The lowest BCUT2D eigenvalue weighted by Gasteiger charge is -2.04. The second kappa shape index (κ2) is 4.29. The van der Waals surface area contributed by atoms with Gasteiger partial charge in [0.1, 0.15) is 0 Å². The number of carboxylic acids is 1. The molecule has 1 atom stereocenters. The third-order valence-electron chi connectivity index (χ3n) is 0.822. The van der Waals surface area contributed by atoms with Crippen molar-refractivity contribution < 1.29 is 15.0 Å². The lowest BCUT2D eigenvalue weighted by molar-refractivity contribution is -0.148. The van der Waals surface area contributed by atoms with Crippen LogP contribution >= 0.6 is 0 Å². The van der Waals surface area contributed by atoms with E-state index in [2.05, 4.69) is 5.32 Å². The standard InChI is InChI=1S/C5H11NO3/c1-2-3-6-4(7)5(8)9/h4,6-7H,2-3H2,1H3,(H,8,9). The van der Waals surface area contributed by atoms with Crippen molar-refractivity contribution in [2.24, 2.45) is 0 Å². The third kappa shape index (κ3) is 3.93. The first-order valence-electron chi connectivity index (χ1n) is 2.82. The van der Waals surface area contributed by atoms with E-state index < -0.39 is 12.2 Å². The highest BCUT2D eigenvalue weighted by molar-refractivity contribution is 5.71. The Hall–Kier alpha value is -0.610. The van der Waals surface area contributed by atoms with Gasteiger partial charge in [-0.15, -0.1) is 0 Å². The molecule has 0 saturated carbocycles. The molecule has 9 heavy (non-hydrogen) atoms. The average Bonchev–Trinajstić information content (AvgIpc) is 1.82. The topological polar surface area (TPSA) is 69.6 Å². The minimum atomic E-state index is -1.41. The summed E-state index contributed by atoms with van der Waals surface area (Å²) in [6, 6.07) is 0. The number of hydrogen-bond acceptors (Lipinski definition) is 3. The van der Waals surface area contributed by atoms with E-state index in [0.717, 1.165) is 6.42 Å². The van der Waals surface area contributed by atoms with Gasteiger partial charge in [0.05, 0.1) is 0 Å². The Morgan fingerprint density at radius 2 is 2.33 bits per heavy atom. The van der Waals surface area contributed by atoms with Crippen molar-refractivity contribution >= 4 is 5.97 Å². The highest BCUT2D eigenvalue weighted by Crippen LogP contribution is 1.76. The fourth-order valence-electron chi connectivity index (χ4n) is 0.368. The van der Waals surface area contributed by atoms with Gasteiger partial charge in [-0.25, -0.2) is 4.79 Å². The first kappa shape index (κ1) is 8.39. The van der Waals surface area contributed by atoms with E-state index in [1.54, 1.807) is 0 Å². The summed E-state index contributed by atoms with van der Waals surface area (Å²) in [5, 5.41) is 19.0. The molecule has 0 heterocycles. The van der Waals surface area contributed by atoms with Crippen LogP contribution in [0.1, 0.15) is 13.3 Å². The van der Waals surface area contributed by atoms with Gasteiger partial charge < -0.3 is 10.2 Å². The van der Waals surface area contributed by atoms with Gasteiger partial charge in [-0.05, 0) is 13.0 Å². The molecule has 0 rings (SSSR count). The Labute approximate surface area is 53.5 Å². The van der Waals surface area contributed by atoms with Crippen LogP contribution in [0, 0.1) is 0 Å². The molecule has 0 spiro atoms. The molecule has 0 aliphatic heterocycles. The van der Waals surface area contributed by atoms with E-state index in [0.29, 0.717) is 6.54 Å². The van der Waals surface area contributed by atoms with E-state index in [-0.39, 0.29) is 0 Å². The summed E-state index contributed by atoms with van der Waals surface area (Å²) in [6.45, 7) is 2.41. The predicted octanol–water partition coefficient (Wildman–Crippen LogP) is -0.611. The van der Waals surface area contributed by atoms with E-state index in [4.69, 9.17) is 10.2 Å². The predicted molar refractivity (Wildman–Crippen MR) is 31.9 cm³/mol. The molecule has 0 aliphatic rings. The molecule has 4 nitrogen and oxygen atoms in total. The fourth-order valence-corrected chi connectivity index (χ4v) is 0.368. The van der Waals surface area contributed by atoms with Crippen molar-refractivity contribution in [3.63, 3.8) is 0 Å². The number of aliphatic hydroxyl groups excluding tert-OH is 1. The second-order valence-electron chi connectivity index (χ2n) is 1.69. The van der Waals surface area contributed by atoms with E-state index in [1.807, 2.05) is 6.92 Å². The number of aliphatic carboxylic acids is 1. The summed E-state index contributed by atoms with van der Waals surface area (Å²) in [4.78, 5) is 9.89. The minimum Gasteiger partial charge on any atom is -0.478 e. The smallest absolute Gasteiger partial charge is 0.347 e. The Bertz CT molecular complexity index is 94.2. The summed E-state index contributed by atoms with van der Waals surface area (Å²) < 4.78 is 0. The lowest BCUT2D eigenvalue weighted by atomic mass is 10.4. The molecule has 3 N–H and O–H groups in total. The molecule has 4 heteroatoms. The van der Waals surface area contributed by atoms with Gasteiger partial charge in [0, 0.05) is 0 Å². The highest BCUT2D eigenvalue weighted by Gasteiger charge is 2.09. The quantitative estimate of drug-likeness (QED) is 0.447. The van der Waals surface area contributed by atoms with Crippen LogP contribution in [0.2, 0.25) is 0 Å². The van der Waals surface area contributed by atoms with Gasteiger partial charge in [0.15, 0.2) is 0 Å². The zero-order valence-corrected chi connectivity index (χ0v) is 5.29. The van der Waals surface area contributed by atoms with Gasteiger partial charge in [0.2, 0.25) is 6.23 Å². The van der Waals surface area contributed by atoms with Gasteiger partial charge >= 0.3 is 5.97 Å². The largest absolute Gasteiger partial charge is 0.478 e. The maximum atomic E-state index is 9.89. The number of aliphatic hydroxyl groups is 1. The van der Waals surface area contributed by atoms with Crippen molar-refractivity contribution in [3.8, 4) is 0 Å². The van der Waals surface area contributed by atoms with Crippen LogP contribution in [-0.2, 0) is 4.79 Å². The molecule has 0 radical (unpaired) electrons. The monoisotopic (exact) mass is 133 g/mol. The summed E-state index contributed by atoms with van der Waals surface area (Å²) in [5.74, 6) is -1.23. The molecule has 0 aromatic carbocycles. The molecule has 54 valence electrons. The molecule has 0 aromatic heterocycles. The Balaban J connectivity index is 3.27. The Kier molecular flexibility index (Phi) is 4.00. The molecule has 0 bridgehead atoms. The van der Waals surface area contributed by atoms with E-state index >= 15 is 0 Å². The van der Waals surface area contributed by atoms with Crippen LogP contribution in [-0.4, -0.2) is 29.0 Å². The molecule has 0 saturated heterocycles. The minimum absolute atomic E-state index is 0.521. The summed E-state index contributed by atoms with van der Waals surface area (Å²) in [6.07, 6.45) is -0.602. The first-order chi connectivity index (χ1) is 4.18. The molecule has 1 unspecified atom stereocenters. The maximum Gasteiger partial charge on any atom is 0.347 e. The van der Waals surface area contributed by atoms with Crippen LogP contribution in [0.25, 0.3) is 0 Å². The van der Waals surface area contributed by atoms with Crippen molar-refractivity contribution in [1.29, 1.82) is 0 Å². The lowest BCUT2D eigenvalue weighted by Crippen LogP contribution is -2.36. The molecular formula is C5H11NO3. The van der Waals surface area contributed by atoms with Gasteiger partial charge in [0.25, 0.3) is 0 Å². The Morgan fingerprint density at radius 1 is 1.78 bits per heavy atom. The first-order valence-corrected chi connectivity index (χ1v) is 2.82. The summed E-state index contributed by atoms with van der Waals surface area (Å²) in [5.41, 5.74) is 0. The molecule has 0 amide bonds. The molecule has 0 aliphatic carbocycles. The SMILES string of the molecule is CCCNC(O)C(=O)O. The van der Waals surface area contributed by atoms with Crippen LogP contribution in [0.5, 0.6) is 0 Å². The molecular weight excluding hydrogens is 122 g/mol. The zero-order chi connectivity index (χ0) is 7.28. The summed E-state index contributed by atoms with van der Waals surface area (Å²) >= 11 is 0. The van der Waals surface area contributed by atoms with Crippen molar-refractivity contribution in [2.45, 2.75) is 19.6 Å². The molecule has 0 fully saturated rings. The average molecular weight is 133 g/mol. The molecule has 0 aromatic rings. The number of carbonyl (C=O) groups is 1. The normalized spacial score (nSPS) is 13.1. The van der Waals surface area contributed by atoms with Crippen LogP contribution < -0.4 is 5.32 Å². The van der Waals surface area contributed by atoms with Crippen LogP contribution in [0.4, 0.5) is 0 Å². The number of nitrogens with one attached hydrogen (secondary N) is 1.